The molecule has 1 atom stereocenters. The highest BCUT2D eigenvalue weighted by molar-refractivity contribution is 7.86. The zero-order valence-electron chi connectivity index (χ0n) is 17.8. The topological polar surface area (TPSA) is 73.0 Å². The molecule has 0 aliphatic carbocycles. The second kappa shape index (κ2) is 9.45. The summed E-state index contributed by atoms with van der Waals surface area (Å²) >= 11 is 0. The van der Waals surface area contributed by atoms with Gasteiger partial charge in [-0.1, -0.05) is 19.1 Å². The minimum absolute atomic E-state index is 0.0147. The molecule has 1 aromatic carbocycles. The lowest BCUT2D eigenvalue weighted by Gasteiger charge is -2.33. The summed E-state index contributed by atoms with van der Waals surface area (Å²) in [6.07, 6.45) is 3.67. The minimum atomic E-state index is -3.39. The minimum Gasteiger partial charge on any atom is -0.371 e. The van der Waals surface area contributed by atoms with Crippen molar-refractivity contribution >= 4 is 21.8 Å². The smallest absolute Gasteiger partial charge is 0.281 e. The van der Waals surface area contributed by atoms with Crippen LogP contribution in [0, 0.1) is 11.8 Å². The summed E-state index contributed by atoms with van der Waals surface area (Å²) in [7, 11) is -0.324. The molecule has 2 heterocycles. The number of anilines is 1. The monoisotopic (exact) mass is 422 g/mol. The van der Waals surface area contributed by atoms with E-state index in [4.69, 9.17) is 0 Å². The summed E-state index contributed by atoms with van der Waals surface area (Å²) in [6, 6.07) is 8.45. The Morgan fingerprint density at radius 3 is 2.34 bits per heavy atom. The van der Waals surface area contributed by atoms with E-state index in [9.17, 15) is 13.2 Å². The number of rotatable bonds is 6. The first-order chi connectivity index (χ1) is 13.8. The van der Waals surface area contributed by atoms with Gasteiger partial charge in [0, 0.05) is 58.4 Å². The number of hydrogen-bond donors (Lipinski definition) is 1. The van der Waals surface area contributed by atoms with E-state index in [0.29, 0.717) is 32.5 Å². The molecule has 8 heteroatoms. The lowest BCUT2D eigenvalue weighted by molar-refractivity contribution is -0.126. The van der Waals surface area contributed by atoms with Crippen LogP contribution in [0.5, 0.6) is 0 Å². The van der Waals surface area contributed by atoms with Crippen LogP contribution < -0.4 is 10.2 Å². The highest BCUT2D eigenvalue weighted by Crippen LogP contribution is 2.24. The molecule has 29 heavy (non-hydrogen) atoms. The lowest BCUT2D eigenvalue weighted by atomic mass is 9.97. The van der Waals surface area contributed by atoms with Gasteiger partial charge in [0.15, 0.2) is 0 Å². The molecule has 0 spiro atoms. The normalized spacial score (nSPS) is 22.1. The van der Waals surface area contributed by atoms with Gasteiger partial charge in [0.05, 0.1) is 0 Å². The van der Waals surface area contributed by atoms with Gasteiger partial charge in [0.25, 0.3) is 10.2 Å². The Hall–Kier alpha value is -1.64. The van der Waals surface area contributed by atoms with Gasteiger partial charge in [0.2, 0.25) is 5.91 Å². The average Bonchev–Trinajstić information content (AvgIpc) is 2.72. The summed E-state index contributed by atoms with van der Waals surface area (Å²) in [5.41, 5.74) is 2.33. The van der Waals surface area contributed by atoms with Crippen molar-refractivity contribution in [1.29, 1.82) is 0 Å². The largest absolute Gasteiger partial charge is 0.371 e. The van der Waals surface area contributed by atoms with Crippen LogP contribution in [-0.2, 0) is 21.5 Å². The number of nitrogens with one attached hydrogen (secondary N) is 1. The van der Waals surface area contributed by atoms with Gasteiger partial charge < -0.3 is 10.2 Å². The molecule has 162 valence electrons. The van der Waals surface area contributed by atoms with Crippen LogP contribution in [0.2, 0.25) is 0 Å². The number of hydrogen-bond acceptors (Lipinski definition) is 4. The molecular weight excluding hydrogens is 388 g/mol. The lowest BCUT2D eigenvalue weighted by Crippen LogP contribution is -2.46. The molecule has 2 aliphatic rings. The van der Waals surface area contributed by atoms with E-state index >= 15 is 0 Å². The summed E-state index contributed by atoms with van der Waals surface area (Å²) in [4.78, 5) is 15.0. The van der Waals surface area contributed by atoms with Gasteiger partial charge in [-0.25, -0.2) is 0 Å². The van der Waals surface area contributed by atoms with E-state index in [1.54, 1.807) is 0 Å². The van der Waals surface area contributed by atoms with Crippen LogP contribution in [-0.4, -0.2) is 63.2 Å². The molecule has 0 unspecified atom stereocenters. The Morgan fingerprint density at radius 2 is 1.76 bits per heavy atom. The summed E-state index contributed by atoms with van der Waals surface area (Å²) < 4.78 is 27.0. The third-order valence-electron chi connectivity index (χ3n) is 6.04. The van der Waals surface area contributed by atoms with Gasteiger partial charge in [-0.2, -0.15) is 17.0 Å². The molecule has 2 aliphatic heterocycles. The predicted octanol–water partition coefficient (Wildman–Crippen LogP) is 2.06. The van der Waals surface area contributed by atoms with E-state index in [2.05, 4.69) is 41.4 Å². The Kier molecular flexibility index (Phi) is 7.19. The number of amides is 1. The zero-order valence-corrected chi connectivity index (χ0v) is 18.6. The standard InChI is InChI=1S/C21H34N4O3S/c1-17-5-4-12-24(16-17)20-8-6-18(7-9-20)15-22-21(26)19-10-13-25(14-11-19)29(27,28)23(2)3/h6-9,17,19H,4-5,10-16H2,1-3H3,(H,22,26)/t17-/m1/s1. The second-order valence-corrected chi connectivity index (χ2v) is 10.7. The first-order valence-electron chi connectivity index (χ1n) is 10.6. The SMILES string of the molecule is C[C@@H]1CCCN(c2ccc(CNC(=O)C3CCN(S(=O)(=O)N(C)C)CC3)cc2)C1. The van der Waals surface area contributed by atoms with Crippen LogP contribution in [0.4, 0.5) is 5.69 Å². The summed E-state index contributed by atoms with van der Waals surface area (Å²) in [6.45, 7) is 5.81. The fraction of sp³-hybridized carbons (Fsp3) is 0.667. The zero-order chi connectivity index (χ0) is 21.0. The molecule has 0 bridgehead atoms. The molecule has 1 amide bonds. The van der Waals surface area contributed by atoms with Crippen molar-refractivity contribution in [3.05, 3.63) is 29.8 Å². The van der Waals surface area contributed by atoms with Crippen LogP contribution in [0.25, 0.3) is 0 Å². The Morgan fingerprint density at radius 1 is 1.10 bits per heavy atom. The fourth-order valence-corrected chi connectivity index (χ4v) is 5.30. The van der Waals surface area contributed by atoms with E-state index in [1.165, 1.54) is 41.2 Å². The van der Waals surface area contributed by atoms with Crippen molar-refractivity contribution in [1.82, 2.24) is 13.9 Å². The molecule has 7 nitrogen and oxygen atoms in total. The Balaban J connectivity index is 1.46. The van der Waals surface area contributed by atoms with Crippen molar-refractivity contribution in [2.24, 2.45) is 11.8 Å². The van der Waals surface area contributed by atoms with Crippen molar-refractivity contribution in [2.45, 2.75) is 39.2 Å². The van der Waals surface area contributed by atoms with Gasteiger partial charge in [-0.05, 0) is 49.3 Å². The summed E-state index contributed by atoms with van der Waals surface area (Å²) in [5.74, 6) is 0.625. The van der Waals surface area contributed by atoms with Crippen LogP contribution in [0.1, 0.15) is 38.2 Å². The van der Waals surface area contributed by atoms with Crippen molar-refractivity contribution in [2.75, 3.05) is 45.2 Å². The highest BCUT2D eigenvalue weighted by Gasteiger charge is 2.32. The van der Waals surface area contributed by atoms with E-state index in [0.717, 1.165) is 24.6 Å². The second-order valence-electron chi connectivity index (χ2n) is 8.54. The molecule has 0 radical (unpaired) electrons. The molecule has 3 rings (SSSR count). The number of piperidine rings is 2. The first-order valence-corrected chi connectivity index (χ1v) is 12.0. The maximum absolute atomic E-state index is 12.5. The first kappa shape index (κ1) is 22.1. The maximum atomic E-state index is 12.5. The van der Waals surface area contributed by atoms with Gasteiger partial charge in [-0.3, -0.25) is 4.79 Å². The summed E-state index contributed by atoms with van der Waals surface area (Å²) in [5, 5.41) is 3.02. The molecular formula is C21H34N4O3S. The van der Waals surface area contributed by atoms with Crippen molar-refractivity contribution in [3.63, 3.8) is 0 Å². The quantitative estimate of drug-likeness (QED) is 0.762. The molecule has 1 aromatic rings. The van der Waals surface area contributed by atoms with Crippen LogP contribution in [0.15, 0.2) is 24.3 Å². The number of benzene rings is 1. The molecule has 0 aromatic heterocycles. The number of nitrogens with zero attached hydrogens (tertiary/aromatic N) is 3. The molecule has 2 saturated heterocycles. The Bertz CT molecular complexity index is 787. The van der Waals surface area contributed by atoms with Crippen LogP contribution >= 0.6 is 0 Å². The molecule has 0 saturated carbocycles. The van der Waals surface area contributed by atoms with Gasteiger partial charge in [0.1, 0.15) is 0 Å². The van der Waals surface area contributed by atoms with E-state index in [-0.39, 0.29) is 11.8 Å². The van der Waals surface area contributed by atoms with Gasteiger partial charge >= 0.3 is 0 Å². The maximum Gasteiger partial charge on any atom is 0.281 e. The molecule has 1 N–H and O–H groups in total. The van der Waals surface area contributed by atoms with Crippen molar-refractivity contribution < 1.29 is 13.2 Å². The van der Waals surface area contributed by atoms with E-state index in [1.807, 2.05) is 0 Å². The highest BCUT2D eigenvalue weighted by atomic mass is 32.2. The van der Waals surface area contributed by atoms with E-state index < -0.39 is 10.2 Å². The van der Waals surface area contributed by atoms with Crippen LogP contribution in [0.3, 0.4) is 0 Å². The Labute approximate surface area is 175 Å². The third kappa shape index (κ3) is 5.49. The number of carbonyl (C=O) groups excluding carboxylic acids is 1. The third-order valence-corrected chi connectivity index (χ3v) is 7.98. The predicted molar refractivity (Wildman–Crippen MR) is 116 cm³/mol. The fourth-order valence-electron chi connectivity index (χ4n) is 4.16. The van der Waals surface area contributed by atoms with Crippen molar-refractivity contribution in [3.8, 4) is 0 Å². The molecule has 2 fully saturated rings. The number of carbonyl (C=O) groups is 1. The van der Waals surface area contributed by atoms with Gasteiger partial charge in [-0.15, -0.1) is 0 Å². The average molecular weight is 423 g/mol.